The quantitative estimate of drug-likeness (QED) is 0.169. The van der Waals surface area contributed by atoms with Crippen LogP contribution in [0.5, 0.6) is 0 Å². The Labute approximate surface area is 185 Å². The molecule has 0 aromatic heterocycles. The van der Waals surface area contributed by atoms with Gasteiger partial charge in [-0.1, -0.05) is 23.7 Å². The molecule has 4 amide bonds. The molecule has 0 saturated heterocycles. The SMILES string of the molecule is Bc1cc2c3c(cc(C#N)c4c5ccc6c7c(ccc(c1c34)c75)C(=O)NC6=O)C(=O)NC2=O. The summed E-state index contributed by atoms with van der Waals surface area (Å²) < 4.78 is 0. The minimum Gasteiger partial charge on any atom is -0.288 e. The van der Waals surface area contributed by atoms with Gasteiger partial charge in [0.05, 0.1) is 11.6 Å². The van der Waals surface area contributed by atoms with E-state index in [0.717, 1.165) is 21.6 Å². The van der Waals surface area contributed by atoms with E-state index in [0.29, 0.717) is 43.6 Å². The van der Waals surface area contributed by atoms with Crippen molar-refractivity contribution < 1.29 is 19.2 Å². The van der Waals surface area contributed by atoms with E-state index < -0.39 is 23.6 Å². The van der Waals surface area contributed by atoms with Crippen LogP contribution in [0, 0.1) is 11.3 Å². The van der Waals surface area contributed by atoms with Crippen LogP contribution in [0.4, 0.5) is 0 Å². The summed E-state index contributed by atoms with van der Waals surface area (Å²) in [7, 11) is 1.87. The molecule has 7 nitrogen and oxygen atoms in total. The van der Waals surface area contributed by atoms with Crippen molar-refractivity contribution in [2.24, 2.45) is 0 Å². The molecule has 0 fully saturated rings. The summed E-state index contributed by atoms with van der Waals surface area (Å²) in [6.07, 6.45) is 0. The lowest BCUT2D eigenvalue weighted by Gasteiger charge is -2.25. The van der Waals surface area contributed by atoms with Gasteiger partial charge in [0.15, 0.2) is 0 Å². The smallest absolute Gasteiger partial charge is 0.258 e. The first kappa shape index (κ1) is 17.9. The van der Waals surface area contributed by atoms with Gasteiger partial charge in [0.25, 0.3) is 23.6 Å². The van der Waals surface area contributed by atoms with E-state index in [-0.39, 0.29) is 11.1 Å². The fraction of sp³-hybridized carbons (Fsp3) is 0. The first-order valence-electron chi connectivity index (χ1n) is 10.3. The first-order chi connectivity index (χ1) is 15.9. The fourth-order valence-electron chi connectivity index (χ4n) is 5.61. The van der Waals surface area contributed by atoms with Crippen molar-refractivity contribution in [2.45, 2.75) is 0 Å². The second-order valence-electron chi connectivity index (χ2n) is 8.46. The number of carbonyl (C=O) groups excluding carboxylic acids is 4. The van der Waals surface area contributed by atoms with Gasteiger partial charge in [0.2, 0.25) is 0 Å². The Hall–Kier alpha value is -4.77. The van der Waals surface area contributed by atoms with Gasteiger partial charge in [-0.15, -0.1) is 0 Å². The zero-order valence-electron chi connectivity index (χ0n) is 17.0. The van der Waals surface area contributed by atoms with Gasteiger partial charge in [-0.3, -0.25) is 29.8 Å². The Morgan fingerprint density at radius 2 is 1.12 bits per heavy atom. The van der Waals surface area contributed by atoms with Gasteiger partial charge >= 0.3 is 0 Å². The number of nitrogens with one attached hydrogen (secondary N) is 2. The Bertz CT molecular complexity index is 1900. The number of amides is 4. The number of imide groups is 2. The molecule has 0 bridgehead atoms. The van der Waals surface area contributed by atoms with Crippen LogP contribution in [0.15, 0.2) is 36.4 Å². The average Bonchev–Trinajstić information content (AvgIpc) is 2.80. The van der Waals surface area contributed by atoms with Gasteiger partial charge < -0.3 is 0 Å². The maximum atomic E-state index is 12.7. The topological polar surface area (TPSA) is 116 Å². The lowest BCUT2D eigenvalue weighted by atomic mass is 9.76. The molecule has 2 N–H and O–H groups in total. The molecule has 33 heavy (non-hydrogen) atoms. The van der Waals surface area contributed by atoms with Crippen LogP contribution in [0.3, 0.4) is 0 Å². The van der Waals surface area contributed by atoms with Gasteiger partial charge in [-0.05, 0) is 45.1 Å². The number of nitrogens with zero attached hydrogens (tertiary/aromatic N) is 1. The van der Waals surface area contributed by atoms with Crippen molar-refractivity contribution in [3.8, 4) is 6.07 Å². The predicted molar refractivity (Wildman–Crippen MR) is 124 cm³/mol. The van der Waals surface area contributed by atoms with Crippen LogP contribution in [0.25, 0.3) is 43.1 Å². The average molecular weight is 427 g/mol. The zero-order chi connectivity index (χ0) is 22.8. The molecule has 0 atom stereocenters. The minimum absolute atomic E-state index is 0.282. The maximum absolute atomic E-state index is 12.7. The molecule has 2 aliphatic heterocycles. The second-order valence-corrected chi connectivity index (χ2v) is 8.46. The highest BCUT2D eigenvalue weighted by atomic mass is 16.2. The molecular weight excluding hydrogens is 417 g/mol. The second kappa shape index (κ2) is 5.53. The largest absolute Gasteiger partial charge is 0.288 e. The molecule has 2 heterocycles. The van der Waals surface area contributed by atoms with Crippen molar-refractivity contribution in [1.29, 1.82) is 5.26 Å². The van der Waals surface area contributed by atoms with Crippen LogP contribution in [-0.2, 0) is 0 Å². The summed E-state index contributed by atoms with van der Waals surface area (Å²) in [6, 6.07) is 12.4. The third-order valence-electron chi connectivity index (χ3n) is 6.85. The summed E-state index contributed by atoms with van der Waals surface area (Å²) in [5.41, 5.74) is 2.54. The van der Waals surface area contributed by atoms with E-state index in [1.165, 1.54) is 6.07 Å². The summed E-state index contributed by atoms with van der Waals surface area (Å²) in [5, 5.41) is 20.1. The molecule has 0 spiro atoms. The molecule has 152 valence electrons. The van der Waals surface area contributed by atoms with Crippen molar-refractivity contribution in [3.05, 3.63) is 64.2 Å². The number of carbonyl (C=O) groups is 4. The van der Waals surface area contributed by atoms with Crippen LogP contribution < -0.4 is 16.1 Å². The molecule has 0 unspecified atom stereocenters. The standard InChI is InChI=1S/C25H10BN3O4/c26-15-6-14-19-13(24(32)29-25(14)33)5-8(7-27)16-9-1-3-11-18-12(23(31)28-22(11)30)4-2-10(17(9)18)20(15)21(16)19/h1-6H,26H2,(H,28,30,31)(H,29,32,33). The van der Waals surface area contributed by atoms with Crippen molar-refractivity contribution in [2.75, 3.05) is 0 Å². The van der Waals surface area contributed by atoms with Crippen molar-refractivity contribution in [3.63, 3.8) is 0 Å². The monoisotopic (exact) mass is 427 g/mol. The van der Waals surface area contributed by atoms with E-state index in [1.54, 1.807) is 24.3 Å². The number of hydrogen-bond donors (Lipinski definition) is 2. The molecule has 0 radical (unpaired) electrons. The van der Waals surface area contributed by atoms with Crippen LogP contribution >= 0.6 is 0 Å². The van der Waals surface area contributed by atoms with E-state index in [1.807, 2.05) is 13.9 Å². The van der Waals surface area contributed by atoms with E-state index in [2.05, 4.69) is 16.7 Å². The Balaban J connectivity index is 1.89. The van der Waals surface area contributed by atoms with Gasteiger partial charge in [0.1, 0.15) is 7.85 Å². The normalized spacial score (nSPS) is 14.9. The van der Waals surface area contributed by atoms with Crippen LogP contribution in [0.2, 0.25) is 0 Å². The maximum Gasteiger partial charge on any atom is 0.258 e. The van der Waals surface area contributed by atoms with Gasteiger partial charge in [-0.25, -0.2) is 0 Å². The van der Waals surface area contributed by atoms with Gasteiger partial charge in [-0.2, -0.15) is 5.26 Å². The number of benzene rings is 5. The first-order valence-corrected chi connectivity index (χ1v) is 10.3. The summed E-state index contributed by atoms with van der Waals surface area (Å²) in [5.74, 6) is -1.95. The van der Waals surface area contributed by atoms with Crippen LogP contribution in [-0.4, -0.2) is 31.5 Å². The summed E-state index contributed by atoms with van der Waals surface area (Å²) >= 11 is 0. The molecule has 7 rings (SSSR count). The molecule has 0 aliphatic carbocycles. The lowest BCUT2D eigenvalue weighted by Crippen LogP contribution is -2.36. The molecule has 5 aromatic rings. The number of nitriles is 1. The Morgan fingerprint density at radius 1 is 0.606 bits per heavy atom. The minimum atomic E-state index is -0.538. The summed E-state index contributed by atoms with van der Waals surface area (Å²) in [6.45, 7) is 0. The predicted octanol–water partition coefficient (Wildman–Crippen LogP) is 1.63. The van der Waals surface area contributed by atoms with E-state index in [9.17, 15) is 24.4 Å². The molecule has 2 aliphatic rings. The third kappa shape index (κ3) is 1.91. The molecule has 8 heteroatoms. The number of rotatable bonds is 0. The zero-order valence-corrected chi connectivity index (χ0v) is 17.0. The summed E-state index contributed by atoms with van der Waals surface area (Å²) in [4.78, 5) is 50.5. The Kier molecular flexibility index (Phi) is 2.99. The lowest BCUT2D eigenvalue weighted by molar-refractivity contribution is 0.0828. The molecule has 0 saturated carbocycles. The van der Waals surface area contributed by atoms with E-state index >= 15 is 0 Å². The molecular formula is C25H10BN3O4. The van der Waals surface area contributed by atoms with Crippen molar-refractivity contribution >= 4 is 80.0 Å². The Morgan fingerprint density at radius 3 is 1.73 bits per heavy atom. The van der Waals surface area contributed by atoms with E-state index in [4.69, 9.17) is 0 Å². The highest BCUT2D eigenvalue weighted by molar-refractivity contribution is 6.50. The highest BCUT2D eigenvalue weighted by Crippen LogP contribution is 2.45. The molecule has 5 aromatic carbocycles. The third-order valence-corrected chi connectivity index (χ3v) is 6.85. The number of hydrogen-bond acceptors (Lipinski definition) is 5. The fourth-order valence-corrected chi connectivity index (χ4v) is 5.61. The van der Waals surface area contributed by atoms with Crippen molar-refractivity contribution in [1.82, 2.24) is 10.6 Å². The number of fused-ring (bicyclic) bond motifs is 2. The van der Waals surface area contributed by atoms with Gasteiger partial charge in [0, 0.05) is 38.4 Å². The highest BCUT2D eigenvalue weighted by Gasteiger charge is 2.32. The van der Waals surface area contributed by atoms with Crippen LogP contribution in [0.1, 0.15) is 47.0 Å².